The van der Waals surface area contributed by atoms with Gasteiger partial charge in [-0.05, 0) is 32.4 Å². The zero-order chi connectivity index (χ0) is 14.1. The van der Waals surface area contributed by atoms with Gasteiger partial charge in [0.15, 0.2) is 11.3 Å². The molecule has 0 aliphatic heterocycles. The van der Waals surface area contributed by atoms with E-state index in [0.29, 0.717) is 11.3 Å². The third-order valence-electron chi connectivity index (χ3n) is 4.47. The van der Waals surface area contributed by atoms with Gasteiger partial charge in [0.1, 0.15) is 5.76 Å². The average molecular weight is 273 g/mol. The van der Waals surface area contributed by atoms with Crippen LogP contribution >= 0.6 is 0 Å². The summed E-state index contributed by atoms with van der Waals surface area (Å²) in [6.07, 6.45) is 4.51. The number of aromatic hydroxyl groups is 1. The molecule has 3 heteroatoms. The van der Waals surface area contributed by atoms with E-state index in [1.54, 1.807) is 0 Å². The lowest BCUT2D eigenvalue weighted by Gasteiger charge is -2.18. The van der Waals surface area contributed by atoms with E-state index < -0.39 is 0 Å². The molecule has 20 heavy (non-hydrogen) atoms. The van der Waals surface area contributed by atoms with E-state index in [0.717, 1.165) is 49.2 Å². The van der Waals surface area contributed by atoms with Crippen molar-refractivity contribution in [1.82, 2.24) is 4.90 Å². The van der Waals surface area contributed by atoms with Gasteiger partial charge in [0.05, 0.1) is 0 Å². The number of phenolic OH excluding ortho intramolecular Hbond substituents is 1. The van der Waals surface area contributed by atoms with E-state index >= 15 is 0 Å². The molecule has 1 aliphatic carbocycles. The molecule has 1 aromatic carbocycles. The largest absolute Gasteiger partial charge is 0.504 e. The van der Waals surface area contributed by atoms with Crippen LogP contribution in [0.3, 0.4) is 0 Å². The quantitative estimate of drug-likeness (QED) is 0.919. The molecule has 0 atom stereocenters. The van der Waals surface area contributed by atoms with Gasteiger partial charge in [-0.3, -0.25) is 4.90 Å². The molecule has 2 aromatic rings. The molecule has 0 radical (unpaired) electrons. The molecule has 0 saturated carbocycles. The SMILES string of the molecule is CCN(CC)Cc1ccc2c3c(oc2c1O)CCCC3. The Bertz CT molecular complexity index is 611. The van der Waals surface area contributed by atoms with Crippen LogP contribution in [0.5, 0.6) is 5.75 Å². The second-order valence-electron chi connectivity index (χ2n) is 5.62. The molecular weight excluding hydrogens is 250 g/mol. The summed E-state index contributed by atoms with van der Waals surface area (Å²) in [5.41, 5.74) is 2.98. The Morgan fingerprint density at radius 3 is 2.65 bits per heavy atom. The molecule has 1 heterocycles. The van der Waals surface area contributed by atoms with Crippen molar-refractivity contribution >= 4 is 11.0 Å². The number of aryl methyl sites for hydroxylation is 2. The lowest BCUT2D eigenvalue weighted by molar-refractivity contribution is 0.290. The topological polar surface area (TPSA) is 36.6 Å². The van der Waals surface area contributed by atoms with Crippen LogP contribution < -0.4 is 0 Å². The Morgan fingerprint density at radius 1 is 1.15 bits per heavy atom. The maximum atomic E-state index is 10.5. The summed E-state index contributed by atoms with van der Waals surface area (Å²) in [6.45, 7) is 7.04. The third-order valence-corrected chi connectivity index (χ3v) is 4.47. The summed E-state index contributed by atoms with van der Waals surface area (Å²) in [7, 11) is 0. The van der Waals surface area contributed by atoms with Crippen molar-refractivity contribution in [3.63, 3.8) is 0 Å². The molecule has 0 saturated heterocycles. The highest BCUT2D eigenvalue weighted by Crippen LogP contribution is 2.38. The fraction of sp³-hybridized carbons (Fsp3) is 0.529. The van der Waals surface area contributed by atoms with Gasteiger partial charge < -0.3 is 9.52 Å². The fourth-order valence-corrected chi connectivity index (χ4v) is 3.17. The maximum absolute atomic E-state index is 10.5. The molecule has 3 nitrogen and oxygen atoms in total. The lowest BCUT2D eigenvalue weighted by atomic mass is 9.95. The van der Waals surface area contributed by atoms with Gasteiger partial charge in [-0.1, -0.05) is 26.0 Å². The van der Waals surface area contributed by atoms with E-state index in [1.807, 2.05) is 0 Å². The van der Waals surface area contributed by atoms with E-state index in [1.165, 1.54) is 18.4 Å². The Kier molecular flexibility index (Phi) is 3.70. The van der Waals surface area contributed by atoms with Gasteiger partial charge >= 0.3 is 0 Å². The highest BCUT2D eigenvalue weighted by atomic mass is 16.4. The molecule has 0 fully saturated rings. The Morgan fingerprint density at radius 2 is 1.90 bits per heavy atom. The third kappa shape index (κ3) is 2.20. The fourth-order valence-electron chi connectivity index (χ4n) is 3.17. The Labute approximate surface area is 120 Å². The summed E-state index contributed by atoms with van der Waals surface area (Å²) in [5.74, 6) is 1.42. The first-order chi connectivity index (χ1) is 9.74. The van der Waals surface area contributed by atoms with Crippen molar-refractivity contribution in [2.45, 2.75) is 46.1 Å². The van der Waals surface area contributed by atoms with Crippen molar-refractivity contribution in [3.05, 3.63) is 29.0 Å². The standard InChI is InChI=1S/C17H23NO2/c1-3-18(4-2)11-12-9-10-14-13-7-5-6-8-15(13)20-17(14)16(12)19/h9-10,19H,3-8,11H2,1-2H3. The number of furan rings is 1. The molecular formula is C17H23NO2. The molecule has 0 amide bonds. The zero-order valence-corrected chi connectivity index (χ0v) is 12.4. The number of nitrogens with zero attached hydrogens (tertiary/aromatic N) is 1. The van der Waals surface area contributed by atoms with Gasteiger partial charge in [0, 0.05) is 29.5 Å². The van der Waals surface area contributed by atoms with E-state index in [-0.39, 0.29) is 0 Å². The molecule has 1 N–H and O–H groups in total. The van der Waals surface area contributed by atoms with Crippen LogP contribution in [0.25, 0.3) is 11.0 Å². The molecule has 0 bridgehead atoms. The van der Waals surface area contributed by atoms with Gasteiger partial charge in [-0.2, -0.15) is 0 Å². The van der Waals surface area contributed by atoms with Crippen molar-refractivity contribution in [1.29, 1.82) is 0 Å². The minimum absolute atomic E-state index is 0.337. The summed E-state index contributed by atoms with van der Waals surface area (Å²) < 4.78 is 5.94. The van der Waals surface area contributed by atoms with Crippen molar-refractivity contribution < 1.29 is 9.52 Å². The monoisotopic (exact) mass is 273 g/mol. The van der Waals surface area contributed by atoms with Crippen molar-refractivity contribution in [2.24, 2.45) is 0 Å². The number of hydrogen-bond donors (Lipinski definition) is 1. The van der Waals surface area contributed by atoms with Crippen LogP contribution in [-0.2, 0) is 19.4 Å². The van der Waals surface area contributed by atoms with Gasteiger partial charge in [0.2, 0.25) is 0 Å². The van der Waals surface area contributed by atoms with Gasteiger partial charge in [-0.15, -0.1) is 0 Å². The number of benzene rings is 1. The second-order valence-corrected chi connectivity index (χ2v) is 5.62. The number of hydrogen-bond acceptors (Lipinski definition) is 3. The van der Waals surface area contributed by atoms with E-state index in [4.69, 9.17) is 4.42 Å². The first kappa shape index (κ1) is 13.5. The summed E-state index contributed by atoms with van der Waals surface area (Å²) >= 11 is 0. The highest BCUT2D eigenvalue weighted by Gasteiger charge is 2.21. The van der Waals surface area contributed by atoms with E-state index in [2.05, 4.69) is 30.9 Å². The van der Waals surface area contributed by atoms with Crippen LogP contribution in [0.2, 0.25) is 0 Å². The number of phenols is 1. The second kappa shape index (κ2) is 5.49. The van der Waals surface area contributed by atoms with Crippen molar-refractivity contribution in [2.75, 3.05) is 13.1 Å². The normalized spacial score (nSPS) is 14.9. The lowest BCUT2D eigenvalue weighted by Crippen LogP contribution is -2.22. The molecule has 0 unspecified atom stereocenters. The average Bonchev–Trinajstić information content (AvgIpc) is 2.86. The molecule has 0 spiro atoms. The van der Waals surface area contributed by atoms with Gasteiger partial charge in [-0.25, -0.2) is 0 Å². The first-order valence-electron chi connectivity index (χ1n) is 7.72. The summed E-state index contributed by atoms with van der Waals surface area (Å²) in [5, 5.41) is 11.6. The minimum Gasteiger partial charge on any atom is -0.504 e. The number of fused-ring (bicyclic) bond motifs is 3. The first-order valence-corrected chi connectivity index (χ1v) is 7.72. The van der Waals surface area contributed by atoms with Gasteiger partial charge in [0.25, 0.3) is 0 Å². The van der Waals surface area contributed by atoms with Crippen LogP contribution in [0.1, 0.15) is 43.6 Å². The number of rotatable bonds is 4. The Hall–Kier alpha value is -1.48. The minimum atomic E-state index is 0.337. The molecule has 1 aromatic heterocycles. The molecule has 108 valence electrons. The zero-order valence-electron chi connectivity index (χ0n) is 12.4. The van der Waals surface area contributed by atoms with Crippen LogP contribution in [0, 0.1) is 0 Å². The van der Waals surface area contributed by atoms with E-state index in [9.17, 15) is 5.11 Å². The van der Waals surface area contributed by atoms with Crippen LogP contribution in [0.4, 0.5) is 0 Å². The smallest absolute Gasteiger partial charge is 0.176 e. The summed E-state index contributed by atoms with van der Waals surface area (Å²) in [4.78, 5) is 2.30. The molecule has 1 aliphatic rings. The van der Waals surface area contributed by atoms with Crippen LogP contribution in [0.15, 0.2) is 16.5 Å². The molecule has 3 rings (SSSR count). The predicted octanol–water partition coefficient (Wildman–Crippen LogP) is 3.86. The maximum Gasteiger partial charge on any atom is 0.176 e. The van der Waals surface area contributed by atoms with Crippen molar-refractivity contribution in [3.8, 4) is 5.75 Å². The summed E-state index contributed by atoms with van der Waals surface area (Å²) in [6, 6.07) is 4.18. The predicted molar refractivity (Wildman–Crippen MR) is 81.1 cm³/mol. The van der Waals surface area contributed by atoms with Crippen LogP contribution in [-0.4, -0.2) is 23.1 Å². The Balaban J connectivity index is 2.02. The highest BCUT2D eigenvalue weighted by molar-refractivity contribution is 5.88.